The van der Waals surface area contributed by atoms with Gasteiger partial charge < -0.3 is 15.4 Å². The molecule has 0 unspecified atom stereocenters. The summed E-state index contributed by atoms with van der Waals surface area (Å²) in [6.45, 7) is 6.39. The molecular formula is C25H25ClN2O3. The third-order valence-electron chi connectivity index (χ3n) is 4.82. The van der Waals surface area contributed by atoms with E-state index in [1.807, 2.05) is 24.3 Å². The highest BCUT2D eigenvalue weighted by Crippen LogP contribution is 2.25. The predicted octanol–water partition coefficient (Wildman–Crippen LogP) is 6.15. The molecule has 0 aliphatic carbocycles. The summed E-state index contributed by atoms with van der Waals surface area (Å²) in [7, 11) is 1.49. The fourth-order valence-electron chi connectivity index (χ4n) is 3.02. The Morgan fingerprint density at radius 3 is 1.87 bits per heavy atom. The molecule has 0 aliphatic rings. The molecule has 0 bridgehead atoms. The minimum absolute atomic E-state index is 0.0321. The third-order valence-corrected chi connectivity index (χ3v) is 5.05. The van der Waals surface area contributed by atoms with Gasteiger partial charge in [-0.3, -0.25) is 9.59 Å². The van der Waals surface area contributed by atoms with Gasteiger partial charge >= 0.3 is 0 Å². The van der Waals surface area contributed by atoms with Crippen LogP contribution >= 0.6 is 11.6 Å². The van der Waals surface area contributed by atoms with E-state index in [9.17, 15) is 9.59 Å². The van der Waals surface area contributed by atoms with Gasteiger partial charge in [-0.25, -0.2) is 0 Å². The molecule has 0 radical (unpaired) electrons. The first-order chi connectivity index (χ1) is 14.7. The Hall–Kier alpha value is -3.31. The monoisotopic (exact) mass is 436 g/mol. The van der Waals surface area contributed by atoms with E-state index in [1.165, 1.54) is 12.7 Å². The SMILES string of the molecule is COc1ccc(Cl)cc1C(=O)Nc1ccc(NC(=O)c2ccc(C(C)(C)C)cc2)cc1. The Balaban J connectivity index is 1.66. The number of anilines is 2. The van der Waals surface area contributed by atoms with E-state index in [-0.39, 0.29) is 17.2 Å². The third kappa shape index (κ3) is 5.64. The van der Waals surface area contributed by atoms with Gasteiger partial charge in [0.15, 0.2) is 0 Å². The van der Waals surface area contributed by atoms with Crippen LogP contribution in [0.15, 0.2) is 66.7 Å². The lowest BCUT2D eigenvalue weighted by Gasteiger charge is -2.19. The Morgan fingerprint density at radius 1 is 0.806 bits per heavy atom. The normalized spacial score (nSPS) is 11.0. The predicted molar refractivity (Wildman–Crippen MR) is 125 cm³/mol. The second-order valence-corrected chi connectivity index (χ2v) is 8.59. The number of hydrogen-bond donors (Lipinski definition) is 2. The zero-order valence-electron chi connectivity index (χ0n) is 18.0. The summed E-state index contributed by atoms with van der Waals surface area (Å²) in [5.74, 6) is -0.0979. The molecule has 2 N–H and O–H groups in total. The number of ether oxygens (including phenoxy) is 1. The summed E-state index contributed by atoms with van der Waals surface area (Å²) < 4.78 is 5.22. The summed E-state index contributed by atoms with van der Waals surface area (Å²) in [5.41, 5.74) is 3.33. The van der Waals surface area contributed by atoms with Crippen LogP contribution in [0.25, 0.3) is 0 Å². The molecule has 31 heavy (non-hydrogen) atoms. The van der Waals surface area contributed by atoms with E-state index in [0.29, 0.717) is 33.3 Å². The van der Waals surface area contributed by atoms with E-state index in [2.05, 4.69) is 31.4 Å². The maximum absolute atomic E-state index is 12.6. The van der Waals surface area contributed by atoms with Crippen molar-refractivity contribution in [3.8, 4) is 5.75 Å². The number of rotatable bonds is 5. The summed E-state index contributed by atoms with van der Waals surface area (Å²) in [6, 6.07) is 19.3. The Bertz CT molecular complexity index is 1090. The van der Waals surface area contributed by atoms with Gasteiger partial charge in [0.25, 0.3) is 11.8 Å². The van der Waals surface area contributed by atoms with Crippen molar-refractivity contribution >= 4 is 34.8 Å². The van der Waals surface area contributed by atoms with Crippen LogP contribution in [0.1, 0.15) is 47.1 Å². The zero-order valence-corrected chi connectivity index (χ0v) is 18.7. The largest absolute Gasteiger partial charge is 0.496 e. The molecule has 0 saturated carbocycles. The van der Waals surface area contributed by atoms with E-state index in [0.717, 1.165) is 0 Å². The van der Waals surface area contributed by atoms with Crippen molar-refractivity contribution in [1.29, 1.82) is 0 Å². The van der Waals surface area contributed by atoms with Crippen molar-refractivity contribution in [3.05, 3.63) is 88.4 Å². The average Bonchev–Trinajstić information content (AvgIpc) is 2.74. The van der Waals surface area contributed by atoms with Crippen molar-refractivity contribution in [2.75, 3.05) is 17.7 Å². The van der Waals surface area contributed by atoms with Crippen molar-refractivity contribution < 1.29 is 14.3 Å². The van der Waals surface area contributed by atoms with Crippen LogP contribution in [0.5, 0.6) is 5.75 Å². The van der Waals surface area contributed by atoms with E-state index in [4.69, 9.17) is 16.3 Å². The Kier molecular flexibility index (Phi) is 6.66. The average molecular weight is 437 g/mol. The van der Waals surface area contributed by atoms with Gasteiger partial charge in [-0.05, 0) is 65.6 Å². The number of hydrogen-bond acceptors (Lipinski definition) is 3. The Labute approximate surface area is 187 Å². The standard InChI is InChI=1S/C25H25ClN2O3/c1-25(2,3)17-7-5-16(6-8-17)23(29)27-19-10-12-20(13-11-19)28-24(30)21-15-18(26)9-14-22(21)31-4/h5-15H,1-4H3,(H,27,29)(H,28,30). The minimum atomic E-state index is -0.338. The van der Waals surface area contributed by atoms with Crippen molar-refractivity contribution in [2.24, 2.45) is 0 Å². The smallest absolute Gasteiger partial charge is 0.259 e. The number of carbonyl (C=O) groups is 2. The van der Waals surface area contributed by atoms with Crippen LogP contribution in [0, 0.1) is 0 Å². The quantitative estimate of drug-likeness (QED) is 0.504. The maximum Gasteiger partial charge on any atom is 0.259 e. The topological polar surface area (TPSA) is 67.4 Å². The van der Waals surface area contributed by atoms with Gasteiger partial charge in [-0.1, -0.05) is 44.5 Å². The minimum Gasteiger partial charge on any atom is -0.496 e. The number of amides is 2. The number of nitrogens with one attached hydrogen (secondary N) is 2. The molecule has 0 aliphatic heterocycles. The molecule has 0 aromatic heterocycles. The van der Waals surface area contributed by atoms with Crippen molar-refractivity contribution in [3.63, 3.8) is 0 Å². The molecule has 3 rings (SSSR count). The molecule has 0 spiro atoms. The summed E-state index contributed by atoms with van der Waals surface area (Å²) in [5, 5.41) is 6.11. The molecule has 0 saturated heterocycles. The van der Waals surface area contributed by atoms with Crippen molar-refractivity contribution in [1.82, 2.24) is 0 Å². The highest BCUT2D eigenvalue weighted by Gasteiger charge is 2.15. The van der Waals surface area contributed by atoms with Crippen LogP contribution in [-0.4, -0.2) is 18.9 Å². The van der Waals surface area contributed by atoms with Crippen LogP contribution in [0.2, 0.25) is 5.02 Å². The van der Waals surface area contributed by atoms with Gasteiger partial charge in [-0.2, -0.15) is 0 Å². The number of benzene rings is 3. The van der Waals surface area contributed by atoms with Crippen molar-refractivity contribution in [2.45, 2.75) is 26.2 Å². The molecule has 160 valence electrons. The first kappa shape index (κ1) is 22.4. The molecular weight excluding hydrogens is 412 g/mol. The second kappa shape index (κ2) is 9.23. The molecule has 5 nitrogen and oxygen atoms in total. The lowest BCUT2D eigenvalue weighted by Crippen LogP contribution is -2.15. The fourth-order valence-corrected chi connectivity index (χ4v) is 3.19. The first-order valence-corrected chi connectivity index (χ1v) is 10.2. The highest BCUT2D eigenvalue weighted by atomic mass is 35.5. The maximum atomic E-state index is 12.6. The fraction of sp³-hybridized carbons (Fsp3) is 0.200. The first-order valence-electron chi connectivity index (χ1n) is 9.84. The summed E-state index contributed by atoms with van der Waals surface area (Å²) >= 11 is 6.00. The molecule has 6 heteroatoms. The lowest BCUT2D eigenvalue weighted by atomic mass is 9.87. The summed E-state index contributed by atoms with van der Waals surface area (Å²) in [6.07, 6.45) is 0. The van der Waals surface area contributed by atoms with Crippen LogP contribution in [-0.2, 0) is 5.41 Å². The summed E-state index contributed by atoms with van der Waals surface area (Å²) in [4.78, 5) is 25.1. The molecule has 3 aromatic rings. The molecule has 2 amide bonds. The van der Waals surface area contributed by atoms with Gasteiger partial charge in [-0.15, -0.1) is 0 Å². The number of carbonyl (C=O) groups excluding carboxylic acids is 2. The molecule has 0 heterocycles. The van der Waals surface area contributed by atoms with E-state index >= 15 is 0 Å². The van der Waals surface area contributed by atoms with Gasteiger partial charge in [0.1, 0.15) is 5.75 Å². The number of methoxy groups -OCH3 is 1. The molecule has 0 fully saturated rings. The van der Waals surface area contributed by atoms with Gasteiger partial charge in [0.2, 0.25) is 0 Å². The van der Waals surface area contributed by atoms with Crippen LogP contribution < -0.4 is 15.4 Å². The van der Waals surface area contributed by atoms with Gasteiger partial charge in [0.05, 0.1) is 12.7 Å². The lowest BCUT2D eigenvalue weighted by molar-refractivity contribution is 0.101. The van der Waals surface area contributed by atoms with Crippen LogP contribution in [0.3, 0.4) is 0 Å². The van der Waals surface area contributed by atoms with Crippen LogP contribution in [0.4, 0.5) is 11.4 Å². The highest BCUT2D eigenvalue weighted by molar-refractivity contribution is 6.31. The van der Waals surface area contributed by atoms with E-state index in [1.54, 1.807) is 42.5 Å². The zero-order chi connectivity index (χ0) is 22.6. The van der Waals surface area contributed by atoms with E-state index < -0.39 is 0 Å². The van der Waals surface area contributed by atoms with Gasteiger partial charge in [0, 0.05) is 22.0 Å². The molecule has 0 atom stereocenters. The Morgan fingerprint density at radius 2 is 1.35 bits per heavy atom. The second-order valence-electron chi connectivity index (χ2n) is 8.16. The number of halogens is 1. The molecule has 3 aromatic carbocycles.